The maximum atomic E-state index is 12.2. The van der Waals surface area contributed by atoms with Crippen molar-refractivity contribution in [1.29, 1.82) is 0 Å². The Bertz CT molecular complexity index is 684. The number of halogens is 1. The van der Waals surface area contributed by atoms with Gasteiger partial charge in [-0.05, 0) is 49.8 Å². The van der Waals surface area contributed by atoms with Gasteiger partial charge in [0.1, 0.15) is 0 Å². The second-order valence-electron chi connectivity index (χ2n) is 6.68. The van der Waals surface area contributed by atoms with Crippen molar-refractivity contribution in [2.45, 2.75) is 44.2 Å². The zero-order valence-electron chi connectivity index (χ0n) is 13.6. The van der Waals surface area contributed by atoms with Crippen molar-refractivity contribution in [3.63, 3.8) is 0 Å². The highest BCUT2D eigenvalue weighted by Gasteiger charge is 2.34. The lowest BCUT2D eigenvalue weighted by Gasteiger charge is -2.28. The Hall–Kier alpha value is -1.31. The van der Waals surface area contributed by atoms with Crippen LogP contribution in [-0.4, -0.2) is 32.7 Å². The van der Waals surface area contributed by atoms with Crippen LogP contribution in [0.25, 0.3) is 0 Å². The molecule has 2 aliphatic heterocycles. The third-order valence-electron chi connectivity index (χ3n) is 4.49. The van der Waals surface area contributed by atoms with Gasteiger partial charge in [0.15, 0.2) is 0 Å². The van der Waals surface area contributed by atoms with E-state index in [-0.39, 0.29) is 18.3 Å². The van der Waals surface area contributed by atoms with Crippen LogP contribution in [0.4, 0.5) is 11.4 Å². The predicted octanol–water partition coefficient (Wildman–Crippen LogP) is 2.34. The number of hydrogen-bond acceptors (Lipinski definition) is 4. The van der Waals surface area contributed by atoms with Crippen molar-refractivity contribution >= 4 is 39.7 Å². The van der Waals surface area contributed by atoms with Gasteiger partial charge in [0.2, 0.25) is 15.9 Å². The Morgan fingerprint density at radius 3 is 2.46 bits per heavy atom. The zero-order valence-corrected chi connectivity index (χ0v) is 15.3. The normalized spacial score (nSPS) is 25.6. The number of hydrogen-bond donors (Lipinski definition) is 3. The Morgan fingerprint density at radius 2 is 1.83 bits per heavy atom. The van der Waals surface area contributed by atoms with E-state index in [1.54, 1.807) is 24.3 Å². The summed E-state index contributed by atoms with van der Waals surface area (Å²) >= 11 is 0. The lowest BCUT2D eigenvalue weighted by Crippen LogP contribution is -2.39. The SMILES string of the molecule is CS(=O)(=O)Nc1cccc(NC(=O)CC2CC3CCC(C2)N3)c1.Cl. The number of sulfonamides is 1. The van der Waals surface area contributed by atoms with E-state index in [2.05, 4.69) is 15.4 Å². The number of benzene rings is 1. The summed E-state index contributed by atoms with van der Waals surface area (Å²) < 4.78 is 24.9. The van der Waals surface area contributed by atoms with Crippen LogP contribution in [0.15, 0.2) is 24.3 Å². The van der Waals surface area contributed by atoms with Gasteiger partial charge in [0.25, 0.3) is 0 Å². The molecule has 2 atom stereocenters. The van der Waals surface area contributed by atoms with Crippen LogP contribution in [0.3, 0.4) is 0 Å². The molecule has 0 radical (unpaired) electrons. The molecule has 2 unspecified atom stereocenters. The minimum Gasteiger partial charge on any atom is -0.326 e. The summed E-state index contributed by atoms with van der Waals surface area (Å²) in [5.74, 6) is 0.430. The van der Waals surface area contributed by atoms with E-state index < -0.39 is 10.0 Å². The first-order chi connectivity index (χ1) is 10.9. The lowest BCUT2D eigenvalue weighted by molar-refractivity contribution is -0.117. The van der Waals surface area contributed by atoms with Crippen molar-refractivity contribution in [3.8, 4) is 0 Å². The van der Waals surface area contributed by atoms with Crippen LogP contribution in [-0.2, 0) is 14.8 Å². The molecule has 6 nitrogen and oxygen atoms in total. The first kappa shape index (κ1) is 19.0. The van der Waals surface area contributed by atoms with Crippen molar-refractivity contribution in [3.05, 3.63) is 24.3 Å². The number of rotatable bonds is 5. The van der Waals surface area contributed by atoms with E-state index in [1.165, 1.54) is 12.8 Å². The second kappa shape index (κ2) is 7.72. The van der Waals surface area contributed by atoms with Crippen LogP contribution in [0, 0.1) is 5.92 Å². The smallest absolute Gasteiger partial charge is 0.229 e. The summed E-state index contributed by atoms with van der Waals surface area (Å²) in [6.07, 6.45) is 6.21. The summed E-state index contributed by atoms with van der Waals surface area (Å²) in [6, 6.07) is 7.92. The molecule has 1 aromatic rings. The number of nitrogens with one attached hydrogen (secondary N) is 3. The molecular weight excluding hydrogens is 350 g/mol. The maximum absolute atomic E-state index is 12.2. The minimum atomic E-state index is -3.32. The van der Waals surface area contributed by atoms with Crippen LogP contribution < -0.4 is 15.4 Å². The quantitative estimate of drug-likeness (QED) is 0.739. The highest BCUT2D eigenvalue weighted by molar-refractivity contribution is 7.92. The molecule has 2 bridgehead atoms. The van der Waals surface area contributed by atoms with E-state index in [4.69, 9.17) is 0 Å². The molecule has 0 aromatic heterocycles. The van der Waals surface area contributed by atoms with Crippen molar-refractivity contribution in [2.75, 3.05) is 16.3 Å². The molecule has 2 heterocycles. The van der Waals surface area contributed by atoms with Crippen LogP contribution in [0.5, 0.6) is 0 Å². The maximum Gasteiger partial charge on any atom is 0.229 e. The summed E-state index contributed by atoms with van der Waals surface area (Å²) in [5, 5.41) is 6.45. The van der Waals surface area contributed by atoms with Gasteiger partial charge in [-0.25, -0.2) is 8.42 Å². The number of amides is 1. The molecule has 2 fully saturated rings. The van der Waals surface area contributed by atoms with Gasteiger partial charge in [0.05, 0.1) is 11.9 Å². The van der Waals surface area contributed by atoms with Crippen LogP contribution in [0.1, 0.15) is 32.1 Å². The highest BCUT2D eigenvalue weighted by Crippen LogP contribution is 2.32. The standard InChI is InChI=1S/C16H23N3O3S.ClH/c1-23(21,22)19-15-4-2-3-12(10-15)18-16(20)9-11-7-13-5-6-14(8-11)17-13;/h2-4,10-11,13-14,17,19H,5-9H2,1H3,(H,18,20);1H. The number of carbonyl (C=O) groups excluding carboxylic acids is 1. The monoisotopic (exact) mass is 373 g/mol. The van der Waals surface area contributed by atoms with Gasteiger partial charge in [-0.1, -0.05) is 6.07 Å². The third kappa shape index (κ3) is 5.36. The Morgan fingerprint density at radius 1 is 1.21 bits per heavy atom. The minimum absolute atomic E-state index is 0. The molecule has 2 saturated heterocycles. The second-order valence-corrected chi connectivity index (χ2v) is 8.43. The van der Waals surface area contributed by atoms with E-state index in [0.717, 1.165) is 19.1 Å². The van der Waals surface area contributed by atoms with E-state index in [0.29, 0.717) is 35.8 Å². The Balaban J connectivity index is 0.00000208. The van der Waals surface area contributed by atoms with Crippen molar-refractivity contribution in [1.82, 2.24) is 5.32 Å². The first-order valence-electron chi connectivity index (χ1n) is 8.01. The van der Waals surface area contributed by atoms with Gasteiger partial charge in [-0.2, -0.15) is 0 Å². The average Bonchev–Trinajstić information content (AvgIpc) is 2.76. The molecule has 8 heteroatoms. The van der Waals surface area contributed by atoms with Gasteiger partial charge in [-0.3, -0.25) is 9.52 Å². The number of piperidine rings is 1. The molecule has 0 aliphatic carbocycles. The zero-order chi connectivity index (χ0) is 16.4. The average molecular weight is 374 g/mol. The van der Waals surface area contributed by atoms with Crippen molar-refractivity contribution < 1.29 is 13.2 Å². The molecule has 0 spiro atoms. The third-order valence-corrected chi connectivity index (χ3v) is 5.10. The molecular formula is C16H24ClN3O3S. The molecule has 1 amide bonds. The topological polar surface area (TPSA) is 87.3 Å². The molecule has 3 rings (SSSR count). The largest absolute Gasteiger partial charge is 0.326 e. The van der Waals surface area contributed by atoms with Gasteiger partial charge >= 0.3 is 0 Å². The highest BCUT2D eigenvalue weighted by atomic mass is 35.5. The number of carbonyl (C=O) groups is 1. The molecule has 24 heavy (non-hydrogen) atoms. The van der Waals surface area contributed by atoms with E-state index in [9.17, 15) is 13.2 Å². The summed E-state index contributed by atoms with van der Waals surface area (Å²) in [7, 11) is -3.32. The fraction of sp³-hybridized carbons (Fsp3) is 0.562. The number of fused-ring (bicyclic) bond motifs is 2. The fourth-order valence-corrected chi connectivity index (χ4v) is 4.25. The van der Waals surface area contributed by atoms with E-state index in [1.807, 2.05) is 0 Å². The predicted molar refractivity (Wildman–Crippen MR) is 98.1 cm³/mol. The van der Waals surface area contributed by atoms with Crippen molar-refractivity contribution in [2.24, 2.45) is 5.92 Å². The molecule has 0 saturated carbocycles. The summed E-state index contributed by atoms with van der Waals surface area (Å²) in [4.78, 5) is 12.2. The Kier molecular flexibility index (Phi) is 6.11. The van der Waals surface area contributed by atoms with Gasteiger partial charge in [0, 0.05) is 24.2 Å². The molecule has 3 N–H and O–H groups in total. The molecule has 134 valence electrons. The van der Waals surface area contributed by atoms with Crippen LogP contribution >= 0.6 is 12.4 Å². The molecule has 2 aliphatic rings. The van der Waals surface area contributed by atoms with Crippen LogP contribution in [0.2, 0.25) is 0 Å². The Labute approximate surface area is 149 Å². The van der Waals surface area contributed by atoms with Gasteiger partial charge in [-0.15, -0.1) is 12.4 Å². The summed E-state index contributed by atoms with van der Waals surface area (Å²) in [5.41, 5.74) is 1.06. The first-order valence-corrected chi connectivity index (χ1v) is 9.90. The molecule has 1 aromatic carbocycles. The van der Waals surface area contributed by atoms with Gasteiger partial charge < -0.3 is 10.6 Å². The van der Waals surface area contributed by atoms with E-state index >= 15 is 0 Å². The lowest BCUT2D eigenvalue weighted by atomic mass is 9.89. The number of anilines is 2. The summed E-state index contributed by atoms with van der Waals surface area (Å²) in [6.45, 7) is 0. The fourth-order valence-electron chi connectivity index (χ4n) is 3.69.